The molecule has 0 bridgehead atoms. The Labute approximate surface area is 126 Å². The Bertz CT molecular complexity index is 263. The summed E-state index contributed by atoms with van der Waals surface area (Å²) in [5.74, 6) is 0.831. The van der Waals surface area contributed by atoms with Gasteiger partial charge in [0.25, 0.3) is 0 Å². The maximum absolute atomic E-state index is 3.87. The van der Waals surface area contributed by atoms with Gasteiger partial charge < -0.3 is 5.32 Å². The Hall–Kier alpha value is -0.0800. The molecule has 0 amide bonds. The van der Waals surface area contributed by atoms with Crippen LogP contribution in [-0.4, -0.2) is 36.1 Å². The lowest BCUT2D eigenvalue weighted by atomic mass is 9.90. The van der Waals surface area contributed by atoms with Gasteiger partial charge in [0.2, 0.25) is 0 Å². The summed E-state index contributed by atoms with van der Waals surface area (Å²) in [7, 11) is 0. The highest BCUT2D eigenvalue weighted by Crippen LogP contribution is 2.30. The first-order chi connectivity index (χ1) is 9.65. The fraction of sp³-hybridized carbons (Fsp3) is 1.00. The first-order valence-electron chi connectivity index (χ1n) is 9.14. The summed E-state index contributed by atoms with van der Waals surface area (Å²) in [6.45, 7) is 10.9. The highest BCUT2D eigenvalue weighted by Gasteiger charge is 2.36. The number of nitrogens with one attached hydrogen (secondary N) is 1. The van der Waals surface area contributed by atoms with E-state index >= 15 is 0 Å². The van der Waals surface area contributed by atoms with Gasteiger partial charge in [-0.2, -0.15) is 0 Å². The van der Waals surface area contributed by atoms with Gasteiger partial charge in [-0.1, -0.05) is 40.0 Å². The van der Waals surface area contributed by atoms with Crippen LogP contribution in [0.4, 0.5) is 0 Å². The molecule has 1 aliphatic heterocycles. The zero-order valence-corrected chi connectivity index (χ0v) is 14.1. The molecule has 1 saturated heterocycles. The van der Waals surface area contributed by atoms with Crippen molar-refractivity contribution in [2.24, 2.45) is 5.92 Å². The first kappa shape index (κ1) is 16.3. The minimum atomic E-state index is 0.439. The largest absolute Gasteiger partial charge is 0.310 e. The molecule has 2 aliphatic rings. The van der Waals surface area contributed by atoms with E-state index in [1.54, 1.807) is 0 Å². The molecule has 0 spiro atoms. The second-order valence-electron chi connectivity index (χ2n) is 7.65. The molecule has 0 aromatic rings. The van der Waals surface area contributed by atoms with Crippen LogP contribution in [-0.2, 0) is 0 Å². The van der Waals surface area contributed by atoms with Gasteiger partial charge in [-0.15, -0.1) is 0 Å². The molecular weight excluding hydrogens is 244 g/mol. The molecule has 20 heavy (non-hydrogen) atoms. The average Bonchev–Trinajstić information content (AvgIpc) is 3.06. The molecule has 1 unspecified atom stereocenters. The van der Waals surface area contributed by atoms with E-state index in [-0.39, 0.29) is 0 Å². The molecule has 1 N–H and O–H groups in total. The van der Waals surface area contributed by atoms with E-state index in [2.05, 4.69) is 31.0 Å². The molecule has 1 heterocycles. The number of nitrogens with zero attached hydrogens (tertiary/aromatic N) is 1. The third-order valence-electron chi connectivity index (χ3n) is 5.40. The maximum Gasteiger partial charge on any atom is 0.0309 e. The molecule has 2 nitrogen and oxygen atoms in total. The molecule has 118 valence electrons. The molecule has 1 atom stereocenters. The Balaban J connectivity index is 1.97. The number of hydrogen-bond donors (Lipinski definition) is 1. The number of rotatable bonds is 8. The maximum atomic E-state index is 3.87. The summed E-state index contributed by atoms with van der Waals surface area (Å²) >= 11 is 0. The Kier molecular flexibility index (Phi) is 6.35. The fourth-order valence-corrected chi connectivity index (χ4v) is 4.25. The summed E-state index contributed by atoms with van der Waals surface area (Å²) < 4.78 is 0. The predicted molar refractivity (Wildman–Crippen MR) is 88.2 cm³/mol. The standard InChI is InChI=1S/C18H36N2/c1-4-11-18(12-7-13-19-18)15-20(14-10-16(2)3)17-8-5-6-9-17/h16-17,19H,4-15H2,1-3H3. The zero-order valence-electron chi connectivity index (χ0n) is 14.1. The van der Waals surface area contributed by atoms with Crippen molar-refractivity contribution in [3.05, 3.63) is 0 Å². The van der Waals surface area contributed by atoms with E-state index in [0.717, 1.165) is 12.0 Å². The van der Waals surface area contributed by atoms with Gasteiger partial charge >= 0.3 is 0 Å². The zero-order chi connectivity index (χ0) is 14.4. The van der Waals surface area contributed by atoms with Crippen LogP contribution in [0.1, 0.15) is 78.6 Å². The van der Waals surface area contributed by atoms with E-state index < -0.39 is 0 Å². The lowest BCUT2D eigenvalue weighted by Gasteiger charge is -2.39. The summed E-state index contributed by atoms with van der Waals surface area (Å²) in [6, 6.07) is 0.880. The van der Waals surface area contributed by atoms with Gasteiger partial charge in [-0.05, 0) is 57.5 Å². The predicted octanol–water partition coefficient (Wildman–Crippen LogP) is 4.20. The van der Waals surface area contributed by atoms with Crippen LogP contribution in [0.2, 0.25) is 0 Å². The lowest BCUT2D eigenvalue weighted by molar-refractivity contribution is 0.130. The summed E-state index contributed by atoms with van der Waals surface area (Å²) in [6.07, 6.45) is 12.6. The van der Waals surface area contributed by atoms with Crippen molar-refractivity contribution in [3.8, 4) is 0 Å². The van der Waals surface area contributed by atoms with Crippen molar-refractivity contribution in [2.45, 2.75) is 90.1 Å². The van der Waals surface area contributed by atoms with Gasteiger partial charge in [0, 0.05) is 18.1 Å². The van der Waals surface area contributed by atoms with Crippen LogP contribution in [0, 0.1) is 5.92 Å². The third-order valence-corrected chi connectivity index (χ3v) is 5.40. The molecular formula is C18H36N2. The van der Waals surface area contributed by atoms with Crippen molar-refractivity contribution in [1.29, 1.82) is 0 Å². The quantitative estimate of drug-likeness (QED) is 0.717. The second kappa shape index (κ2) is 7.79. The molecule has 2 heteroatoms. The van der Waals surface area contributed by atoms with Crippen LogP contribution in [0.3, 0.4) is 0 Å². The minimum Gasteiger partial charge on any atom is -0.310 e. The molecule has 0 radical (unpaired) electrons. The Morgan fingerprint density at radius 3 is 2.50 bits per heavy atom. The van der Waals surface area contributed by atoms with Crippen LogP contribution in [0.5, 0.6) is 0 Å². The Morgan fingerprint density at radius 1 is 1.20 bits per heavy atom. The monoisotopic (exact) mass is 280 g/mol. The molecule has 0 aromatic carbocycles. The molecule has 1 saturated carbocycles. The highest BCUT2D eigenvalue weighted by molar-refractivity contribution is 4.96. The van der Waals surface area contributed by atoms with Gasteiger partial charge in [-0.25, -0.2) is 0 Å². The highest BCUT2D eigenvalue weighted by atomic mass is 15.2. The van der Waals surface area contributed by atoms with Crippen LogP contribution in [0.15, 0.2) is 0 Å². The Morgan fingerprint density at radius 2 is 1.95 bits per heavy atom. The van der Waals surface area contributed by atoms with E-state index in [4.69, 9.17) is 0 Å². The van der Waals surface area contributed by atoms with E-state index in [9.17, 15) is 0 Å². The van der Waals surface area contributed by atoms with Crippen LogP contribution < -0.4 is 5.32 Å². The van der Waals surface area contributed by atoms with Crippen molar-refractivity contribution in [1.82, 2.24) is 10.2 Å². The van der Waals surface area contributed by atoms with E-state index in [0.29, 0.717) is 5.54 Å². The van der Waals surface area contributed by atoms with Crippen molar-refractivity contribution >= 4 is 0 Å². The van der Waals surface area contributed by atoms with E-state index in [1.807, 2.05) is 0 Å². The SMILES string of the molecule is CCCC1(CN(CCC(C)C)C2CCCC2)CCCN1. The van der Waals surface area contributed by atoms with Crippen LogP contribution >= 0.6 is 0 Å². The number of hydrogen-bond acceptors (Lipinski definition) is 2. The summed E-state index contributed by atoms with van der Waals surface area (Å²) in [4.78, 5) is 2.86. The van der Waals surface area contributed by atoms with Crippen molar-refractivity contribution in [3.63, 3.8) is 0 Å². The second-order valence-corrected chi connectivity index (χ2v) is 7.65. The fourth-order valence-electron chi connectivity index (χ4n) is 4.25. The van der Waals surface area contributed by atoms with Gasteiger partial charge in [0.05, 0.1) is 0 Å². The summed E-state index contributed by atoms with van der Waals surface area (Å²) in [5.41, 5.74) is 0.439. The molecule has 2 fully saturated rings. The van der Waals surface area contributed by atoms with Crippen LogP contribution in [0.25, 0.3) is 0 Å². The minimum absolute atomic E-state index is 0.439. The first-order valence-corrected chi connectivity index (χ1v) is 9.14. The van der Waals surface area contributed by atoms with Gasteiger partial charge in [-0.3, -0.25) is 4.90 Å². The molecule has 2 rings (SSSR count). The third kappa shape index (κ3) is 4.46. The smallest absolute Gasteiger partial charge is 0.0309 e. The normalized spacial score (nSPS) is 28.1. The average molecular weight is 280 g/mol. The van der Waals surface area contributed by atoms with Crippen molar-refractivity contribution < 1.29 is 0 Å². The van der Waals surface area contributed by atoms with Crippen molar-refractivity contribution in [2.75, 3.05) is 19.6 Å². The summed E-state index contributed by atoms with van der Waals surface area (Å²) in [5, 5.41) is 3.87. The van der Waals surface area contributed by atoms with Gasteiger partial charge in [0.1, 0.15) is 0 Å². The lowest BCUT2D eigenvalue weighted by Crippen LogP contribution is -2.52. The molecule has 1 aliphatic carbocycles. The topological polar surface area (TPSA) is 15.3 Å². The van der Waals surface area contributed by atoms with E-state index in [1.165, 1.54) is 77.4 Å². The molecule has 0 aromatic heterocycles. The van der Waals surface area contributed by atoms with Gasteiger partial charge in [0.15, 0.2) is 0 Å².